The fraction of sp³-hybridized carbons (Fsp3) is 0.385. The average molecular weight is 343 g/mol. The summed E-state index contributed by atoms with van der Waals surface area (Å²) in [6.45, 7) is 1.53. The minimum absolute atomic E-state index is 0.00912. The number of nitrogens with zero attached hydrogens (tertiary/aromatic N) is 1. The molecule has 2 rings (SSSR count). The molecule has 7 heteroatoms. The zero-order valence-electron chi connectivity index (χ0n) is 10.7. The number of anilines is 1. The highest BCUT2D eigenvalue weighted by Crippen LogP contribution is 2.27. The quantitative estimate of drug-likeness (QED) is 0.858. The van der Waals surface area contributed by atoms with E-state index in [1.807, 2.05) is 4.90 Å². The summed E-state index contributed by atoms with van der Waals surface area (Å²) in [5.74, 6) is -1.37. The van der Waals surface area contributed by atoms with Gasteiger partial charge in [0.2, 0.25) is 5.91 Å². The number of aliphatic carboxylic acids is 1. The summed E-state index contributed by atoms with van der Waals surface area (Å²) in [7, 11) is 0. The number of benzene rings is 1. The maximum Gasteiger partial charge on any atom is 0.305 e. The molecule has 6 nitrogen and oxygen atoms in total. The molecule has 1 unspecified atom stereocenters. The first-order valence-corrected chi connectivity index (χ1v) is 6.94. The lowest BCUT2D eigenvalue weighted by Gasteiger charge is -2.36. The van der Waals surface area contributed by atoms with Crippen molar-refractivity contribution in [1.82, 2.24) is 0 Å². The molecule has 1 aliphatic rings. The molecule has 1 amide bonds. The number of amides is 1. The van der Waals surface area contributed by atoms with Crippen LogP contribution in [0.25, 0.3) is 0 Å². The summed E-state index contributed by atoms with van der Waals surface area (Å²) in [6.07, 6.45) is 0.00912. The van der Waals surface area contributed by atoms with Gasteiger partial charge in [-0.15, -0.1) is 0 Å². The topological polar surface area (TPSA) is 92.9 Å². The number of nitrogens with two attached hydrogens (primary N) is 1. The molecule has 1 fully saturated rings. The molecule has 108 valence electrons. The first-order chi connectivity index (χ1) is 9.49. The molecule has 3 N–H and O–H groups in total. The second-order valence-electron chi connectivity index (χ2n) is 4.55. The highest BCUT2D eigenvalue weighted by molar-refractivity contribution is 9.10. The summed E-state index contributed by atoms with van der Waals surface area (Å²) < 4.78 is 5.94. The van der Waals surface area contributed by atoms with Gasteiger partial charge < -0.3 is 20.5 Å². The van der Waals surface area contributed by atoms with Crippen molar-refractivity contribution in [3.63, 3.8) is 0 Å². The predicted molar refractivity (Wildman–Crippen MR) is 76.9 cm³/mol. The molecule has 1 aromatic carbocycles. The maximum atomic E-state index is 11.2. The van der Waals surface area contributed by atoms with Crippen LogP contribution in [0.4, 0.5) is 5.69 Å². The smallest absolute Gasteiger partial charge is 0.305 e. The second kappa shape index (κ2) is 6.23. The number of primary amides is 1. The Morgan fingerprint density at radius 1 is 1.50 bits per heavy atom. The number of rotatable bonds is 4. The molecule has 1 aliphatic heterocycles. The predicted octanol–water partition coefficient (Wildman–Crippen LogP) is 1.23. The van der Waals surface area contributed by atoms with E-state index in [1.165, 1.54) is 0 Å². The van der Waals surface area contributed by atoms with Gasteiger partial charge in [0.05, 0.1) is 31.2 Å². The van der Waals surface area contributed by atoms with E-state index >= 15 is 0 Å². The third-order valence-electron chi connectivity index (χ3n) is 3.19. The van der Waals surface area contributed by atoms with Crippen LogP contribution in [0.15, 0.2) is 22.7 Å². The monoisotopic (exact) mass is 342 g/mol. The van der Waals surface area contributed by atoms with Gasteiger partial charge in [0.25, 0.3) is 0 Å². The van der Waals surface area contributed by atoms with Gasteiger partial charge in [-0.05, 0) is 34.1 Å². The number of carboxylic acids is 1. The normalized spacial score (nSPS) is 18.9. The third-order valence-corrected chi connectivity index (χ3v) is 3.84. The van der Waals surface area contributed by atoms with Crippen molar-refractivity contribution in [2.24, 2.45) is 5.73 Å². The van der Waals surface area contributed by atoms with Crippen molar-refractivity contribution in [3.05, 3.63) is 28.2 Å². The molecule has 0 bridgehead atoms. The third kappa shape index (κ3) is 3.29. The number of carboxylic acid groups (broad SMARTS) is 1. The van der Waals surface area contributed by atoms with Crippen LogP contribution in [0.2, 0.25) is 0 Å². The SMILES string of the molecule is NC(=O)c1ccc(N2CCOCC2CC(=O)O)cc1Br. The van der Waals surface area contributed by atoms with E-state index in [-0.39, 0.29) is 12.5 Å². The summed E-state index contributed by atoms with van der Waals surface area (Å²) in [6, 6.07) is 4.97. The molecule has 0 aliphatic carbocycles. The molecular formula is C13H15BrN2O4. The van der Waals surface area contributed by atoms with Gasteiger partial charge in [-0.2, -0.15) is 0 Å². The van der Waals surface area contributed by atoms with Gasteiger partial charge in [-0.3, -0.25) is 9.59 Å². The number of carbonyl (C=O) groups is 2. The molecule has 1 heterocycles. The Balaban J connectivity index is 2.26. The molecule has 1 aromatic rings. The van der Waals surface area contributed by atoms with Crippen LogP contribution >= 0.6 is 15.9 Å². The van der Waals surface area contributed by atoms with Gasteiger partial charge >= 0.3 is 5.97 Å². The lowest BCUT2D eigenvalue weighted by atomic mass is 10.1. The molecule has 1 atom stereocenters. The van der Waals surface area contributed by atoms with Crippen molar-refractivity contribution >= 4 is 33.5 Å². The Morgan fingerprint density at radius 3 is 2.85 bits per heavy atom. The van der Waals surface area contributed by atoms with E-state index in [2.05, 4.69) is 15.9 Å². The molecule has 0 saturated carbocycles. The van der Waals surface area contributed by atoms with Crippen LogP contribution in [0.1, 0.15) is 16.8 Å². The van der Waals surface area contributed by atoms with E-state index in [0.29, 0.717) is 29.8 Å². The Morgan fingerprint density at radius 2 is 2.25 bits per heavy atom. The largest absolute Gasteiger partial charge is 0.481 e. The van der Waals surface area contributed by atoms with Gasteiger partial charge in [0.1, 0.15) is 0 Å². The summed E-state index contributed by atoms with van der Waals surface area (Å²) in [5.41, 5.74) is 6.50. The average Bonchev–Trinajstić information content (AvgIpc) is 2.38. The van der Waals surface area contributed by atoms with E-state index < -0.39 is 11.9 Å². The maximum absolute atomic E-state index is 11.2. The van der Waals surface area contributed by atoms with Gasteiger partial charge in [0, 0.05) is 16.7 Å². The fourth-order valence-corrected chi connectivity index (χ4v) is 2.81. The van der Waals surface area contributed by atoms with Crippen LogP contribution < -0.4 is 10.6 Å². The number of morpholine rings is 1. The molecule has 20 heavy (non-hydrogen) atoms. The van der Waals surface area contributed by atoms with E-state index in [0.717, 1.165) is 5.69 Å². The van der Waals surface area contributed by atoms with E-state index in [4.69, 9.17) is 15.6 Å². The van der Waals surface area contributed by atoms with Gasteiger partial charge in [0.15, 0.2) is 0 Å². The van der Waals surface area contributed by atoms with Crippen LogP contribution in [0.3, 0.4) is 0 Å². The van der Waals surface area contributed by atoms with E-state index in [1.54, 1.807) is 18.2 Å². The molecule has 0 aromatic heterocycles. The summed E-state index contributed by atoms with van der Waals surface area (Å²) in [5, 5.41) is 8.95. The first-order valence-electron chi connectivity index (χ1n) is 6.14. The lowest BCUT2D eigenvalue weighted by Crippen LogP contribution is -2.46. The molecule has 0 radical (unpaired) electrons. The van der Waals surface area contributed by atoms with Crippen LogP contribution in [-0.2, 0) is 9.53 Å². The van der Waals surface area contributed by atoms with E-state index in [9.17, 15) is 9.59 Å². The summed E-state index contributed by atoms with van der Waals surface area (Å²) >= 11 is 3.31. The van der Waals surface area contributed by atoms with Crippen molar-refractivity contribution in [3.8, 4) is 0 Å². The lowest BCUT2D eigenvalue weighted by molar-refractivity contribution is -0.138. The Labute approximate surface area is 124 Å². The Kier molecular flexibility index (Phi) is 4.61. The number of carbonyl (C=O) groups excluding carboxylic acids is 1. The fourth-order valence-electron chi connectivity index (χ4n) is 2.25. The number of ether oxygens (including phenoxy) is 1. The van der Waals surface area contributed by atoms with Crippen LogP contribution in [-0.4, -0.2) is 42.8 Å². The highest BCUT2D eigenvalue weighted by atomic mass is 79.9. The number of hydrogen-bond donors (Lipinski definition) is 2. The summed E-state index contributed by atoms with van der Waals surface area (Å²) in [4.78, 5) is 24.1. The van der Waals surface area contributed by atoms with Gasteiger partial charge in [-0.25, -0.2) is 0 Å². The standard InChI is InChI=1S/C13H15BrN2O4/c14-11-5-8(1-2-10(11)13(15)19)16-3-4-20-7-9(16)6-12(17)18/h1-2,5,9H,3-4,6-7H2,(H2,15,19)(H,17,18). The first kappa shape index (κ1) is 14.8. The van der Waals surface area contributed by atoms with Crippen LogP contribution in [0.5, 0.6) is 0 Å². The highest BCUT2D eigenvalue weighted by Gasteiger charge is 2.26. The van der Waals surface area contributed by atoms with Crippen molar-refractivity contribution in [2.75, 3.05) is 24.7 Å². The van der Waals surface area contributed by atoms with Crippen molar-refractivity contribution < 1.29 is 19.4 Å². The van der Waals surface area contributed by atoms with Crippen molar-refractivity contribution in [2.45, 2.75) is 12.5 Å². The molecular weight excluding hydrogens is 328 g/mol. The molecule has 0 spiro atoms. The Hall–Kier alpha value is -1.60. The molecule has 1 saturated heterocycles. The number of hydrogen-bond acceptors (Lipinski definition) is 4. The minimum atomic E-state index is -0.863. The zero-order chi connectivity index (χ0) is 14.7. The van der Waals surface area contributed by atoms with Gasteiger partial charge in [-0.1, -0.05) is 0 Å². The second-order valence-corrected chi connectivity index (χ2v) is 5.40. The number of halogens is 1. The minimum Gasteiger partial charge on any atom is -0.481 e. The van der Waals surface area contributed by atoms with Crippen LogP contribution in [0, 0.1) is 0 Å². The Bertz CT molecular complexity index is 535. The van der Waals surface area contributed by atoms with Crippen molar-refractivity contribution in [1.29, 1.82) is 0 Å². The zero-order valence-corrected chi connectivity index (χ0v) is 12.3.